The first kappa shape index (κ1) is 25.5. The molecular formula is C16H30N4O5S2. The van der Waals surface area contributed by atoms with Crippen molar-refractivity contribution < 1.29 is 24.3 Å². The van der Waals surface area contributed by atoms with Gasteiger partial charge in [-0.05, 0) is 30.8 Å². The molecule has 6 N–H and O–H groups in total. The van der Waals surface area contributed by atoms with E-state index in [0.29, 0.717) is 18.6 Å². The number of thiol groups is 1. The van der Waals surface area contributed by atoms with Crippen LogP contribution in [-0.2, 0) is 19.2 Å². The van der Waals surface area contributed by atoms with Gasteiger partial charge in [0, 0.05) is 5.75 Å². The smallest absolute Gasteiger partial charge is 0.322 e. The van der Waals surface area contributed by atoms with E-state index in [4.69, 9.17) is 10.8 Å². The van der Waals surface area contributed by atoms with E-state index in [0.717, 1.165) is 0 Å². The van der Waals surface area contributed by atoms with Gasteiger partial charge in [-0.1, -0.05) is 13.8 Å². The number of nitrogens with two attached hydrogens (primary N) is 1. The SMILES string of the molecule is CSCCC(NC(=O)C(CC(C)C)NC(=O)C(N)CS)C(=O)NCC(=O)O. The molecule has 3 amide bonds. The highest BCUT2D eigenvalue weighted by molar-refractivity contribution is 7.98. The topological polar surface area (TPSA) is 151 Å². The number of carbonyl (C=O) groups is 4. The molecule has 0 aliphatic carbocycles. The van der Waals surface area contributed by atoms with E-state index >= 15 is 0 Å². The zero-order valence-corrected chi connectivity index (χ0v) is 17.6. The standard InChI is InChI=1S/C16H30N4O5S2/c1-9(2)6-12(20-14(23)10(17)8-26)16(25)19-11(4-5-27-3)15(24)18-7-13(21)22/h9-12,26H,4-8,17H2,1-3H3,(H,18,24)(H,19,25)(H,20,23)(H,21,22). The van der Waals surface area contributed by atoms with E-state index in [1.807, 2.05) is 20.1 Å². The predicted octanol–water partition coefficient (Wildman–Crippen LogP) is -0.787. The Morgan fingerprint density at radius 1 is 1.07 bits per heavy atom. The van der Waals surface area contributed by atoms with E-state index in [-0.39, 0.29) is 11.7 Å². The van der Waals surface area contributed by atoms with Gasteiger partial charge in [-0.15, -0.1) is 0 Å². The molecule has 9 nitrogen and oxygen atoms in total. The third kappa shape index (κ3) is 11.1. The third-order valence-corrected chi connectivity index (χ3v) is 4.57. The van der Waals surface area contributed by atoms with Crippen LogP contribution in [0, 0.1) is 5.92 Å². The molecule has 0 radical (unpaired) electrons. The summed E-state index contributed by atoms with van der Waals surface area (Å²) in [7, 11) is 0. The highest BCUT2D eigenvalue weighted by Crippen LogP contribution is 2.08. The van der Waals surface area contributed by atoms with Gasteiger partial charge in [0.1, 0.15) is 18.6 Å². The Kier molecular flexibility index (Phi) is 12.9. The third-order valence-electron chi connectivity index (χ3n) is 3.53. The van der Waals surface area contributed by atoms with Gasteiger partial charge >= 0.3 is 5.97 Å². The maximum Gasteiger partial charge on any atom is 0.322 e. The fourth-order valence-electron chi connectivity index (χ4n) is 2.13. The van der Waals surface area contributed by atoms with Crippen molar-refractivity contribution in [1.29, 1.82) is 0 Å². The summed E-state index contributed by atoms with van der Waals surface area (Å²) >= 11 is 5.46. The summed E-state index contributed by atoms with van der Waals surface area (Å²) in [6.07, 6.45) is 2.55. The molecule has 3 unspecified atom stereocenters. The highest BCUT2D eigenvalue weighted by atomic mass is 32.2. The van der Waals surface area contributed by atoms with E-state index in [9.17, 15) is 19.2 Å². The lowest BCUT2D eigenvalue weighted by molar-refractivity contribution is -0.138. The number of carboxylic acid groups (broad SMARTS) is 1. The lowest BCUT2D eigenvalue weighted by atomic mass is 10.0. The first-order valence-electron chi connectivity index (χ1n) is 8.57. The number of rotatable bonds is 13. The Labute approximate surface area is 169 Å². The van der Waals surface area contributed by atoms with Crippen molar-refractivity contribution >= 4 is 48.1 Å². The molecule has 0 aromatic heterocycles. The number of amides is 3. The Morgan fingerprint density at radius 3 is 2.15 bits per heavy atom. The maximum absolute atomic E-state index is 12.7. The summed E-state index contributed by atoms with van der Waals surface area (Å²) < 4.78 is 0. The van der Waals surface area contributed by atoms with Gasteiger partial charge in [-0.3, -0.25) is 19.2 Å². The molecule has 0 saturated heterocycles. The first-order valence-corrected chi connectivity index (χ1v) is 10.6. The molecule has 11 heteroatoms. The number of thioether (sulfide) groups is 1. The van der Waals surface area contributed by atoms with Crippen molar-refractivity contribution in [2.45, 2.75) is 44.8 Å². The quantitative estimate of drug-likeness (QED) is 0.213. The monoisotopic (exact) mass is 422 g/mol. The molecule has 27 heavy (non-hydrogen) atoms. The average Bonchev–Trinajstić information content (AvgIpc) is 2.60. The van der Waals surface area contributed by atoms with Crippen LogP contribution in [0.3, 0.4) is 0 Å². The molecule has 0 rings (SSSR count). The summed E-state index contributed by atoms with van der Waals surface area (Å²) in [4.78, 5) is 47.5. The number of aliphatic carboxylic acids is 1. The van der Waals surface area contributed by atoms with Gasteiger partial charge in [-0.2, -0.15) is 24.4 Å². The van der Waals surface area contributed by atoms with Crippen LogP contribution in [0.2, 0.25) is 0 Å². The lowest BCUT2D eigenvalue weighted by Crippen LogP contribution is -2.56. The molecule has 0 saturated carbocycles. The summed E-state index contributed by atoms with van der Waals surface area (Å²) in [5, 5.41) is 16.2. The molecule has 0 aliphatic rings. The van der Waals surface area contributed by atoms with Crippen LogP contribution < -0.4 is 21.7 Å². The Bertz CT molecular complexity index is 519. The zero-order valence-electron chi connectivity index (χ0n) is 15.9. The number of nitrogens with one attached hydrogen (secondary N) is 3. The fourth-order valence-corrected chi connectivity index (χ4v) is 2.76. The van der Waals surface area contributed by atoms with Crippen LogP contribution >= 0.6 is 24.4 Å². The van der Waals surface area contributed by atoms with Gasteiger partial charge in [0.05, 0.1) is 6.04 Å². The second kappa shape index (κ2) is 13.7. The van der Waals surface area contributed by atoms with E-state index < -0.39 is 48.4 Å². The fraction of sp³-hybridized carbons (Fsp3) is 0.750. The largest absolute Gasteiger partial charge is 0.480 e. The molecule has 0 aromatic carbocycles. The van der Waals surface area contributed by atoms with Crippen molar-refractivity contribution in [3.63, 3.8) is 0 Å². The summed E-state index contributed by atoms with van der Waals surface area (Å²) in [6.45, 7) is 3.26. The number of carboxylic acids is 1. The van der Waals surface area contributed by atoms with Crippen LogP contribution in [-0.4, -0.2) is 71.2 Å². The van der Waals surface area contributed by atoms with E-state index in [1.165, 1.54) is 11.8 Å². The van der Waals surface area contributed by atoms with Gasteiger partial charge in [0.25, 0.3) is 0 Å². The Balaban J connectivity index is 5.12. The minimum absolute atomic E-state index is 0.110. The summed E-state index contributed by atoms with van der Waals surface area (Å²) in [5.41, 5.74) is 5.64. The van der Waals surface area contributed by atoms with Gasteiger partial charge < -0.3 is 26.8 Å². The predicted molar refractivity (Wildman–Crippen MR) is 109 cm³/mol. The molecule has 0 spiro atoms. The first-order chi connectivity index (χ1) is 12.6. The Hall–Kier alpha value is -1.46. The minimum atomic E-state index is -1.18. The van der Waals surface area contributed by atoms with Crippen molar-refractivity contribution in [1.82, 2.24) is 16.0 Å². The molecule has 3 atom stereocenters. The summed E-state index contributed by atoms with van der Waals surface area (Å²) in [6, 6.07) is -2.59. The zero-order chi connectivity index (χ0) is 21.0. The van der Waals surface area contributed by atoms with Gasteiger partial charge in [-0.25, -0.2) is 0 Å². The van der Waals surface area contributed by atoms with Gasteiger partial charge in [0.2, 0.25) is 17.7 Å². The van der Waals surface area contributed by atoms with E-state index in [1.54, 1.807) is 0 Å². The van der Waals surface area contributed by atoms with Gasteiger partial charge in [0.15, 0.2) is 0 Å². The lowest BCUT2D eigenvalue weighted by Gasteiger charge is -2.24. The number of hydrogen-bond acceptors (Lipinski definition) is 7. The average molecular weight is 423 g/mol. The molecule has 0 aliphatic heterocycles. The highest BCUT2D eigenvalue weighted by Gasteiger charge is 2.28. The minimum Gasteiger partial charge on any atom is -0.480 e. The number of carbonyl (C=O) groups excluding carboxylic acids is 3. The molecule has 0 fully saturated rings. The van der Waals surface area contributed by atoms with Crippen molar-refractivity contribution in [2.75, 3.05) is 24.3 Å². The van der Waals surface area contributed by atoms with Crippen LogP contribution in [0.4, 0.5) is 0 Å². The molecule has 156 valence electrons. The van der Waals surface area contributed by atoms with Crippen molar-refractivity contribution in [3.05, 3.63) is 0 Å². The second-order valence-electron chi connectivity index (χ2n) is 6.43. The van der Waals surface area contributed by atoms with Crippen LogP contribution in [0.15, 0.2) is 0 Å². The van der Waals surface area contributed by atoms with Crippen molar-refractivity contribution in [2.24, 2.45) is 11.7 Å². The normalized spacial score (nSPS) is 14.1. The van der Waals surface area contributed by atoms with Crippen LogP contribution in [0.25, 0.3) is 0 Å². The molecule has 0 heterocycles. The van der Waals surface area contributed by atoms with Crippen LogP contribution in [0.5, 0.6) is 0 Å². The van der Waals surface area contributed by atoms with Crippen LogP contribution in [0.1, 0.15) is 26.7 Å². The van der Waals surface area contributed by atoms with Crippen molar-refractivity contribution in [3.8, 4) is 0 Å². The Morgan fingerprint density at radius 2 is 1.67 bits per heavy atom. The second-order valence-corrected chi connectivity index (χ2v) is 7.78. The van der Waals surface area contributed by atoms with E-state index in [2.05, 4.69) is 28.6 Å². The maximum atomic E-state index is 12.7. The molecule has 0 aromatic rings. The number of hydrogen-bond donors (Lipinski definition) is 6. The summed E-state index contributed by atoms with van der Waals surface area (Å²) in [5.74, 6) is -1.93. The molecular weight excluding hydrogens is 392 g/mol. The molecule has 0 bridgehead atoms.